The molecule has 5 heteroatoms. The number of fused-ring (bicyclic) bond motifs is 1. The molecule has 18 heavy (non-hydrogen) atoms. The lowest BCUT2D eigenvalue weighted by atomic mass is 10.3. The monoisotopic (exact) mass is 263 g/mol. The molecule has 0 atom stereocenters. The average molecular weight is 263 g/mol. The Morgan fingerprint density at radius 3 is 3.06 bits per heavy atom. The number of hydrogen-bond donors (Lipinski definition) is 1. The van der Waals surface area contributed by atoms with E-state index < -0.39 is 0 Å². The van der Waals surface area contributed by atoms with Gasteiger partial charge < -0.3 is 5.32 Å². The average Bonchev–Trinajstić information content (AvgIpc) is 2.82. The Kier molecular flexibility index (Phi) is 4.25. The summed E-state index contributed by atoms with van der Waals surface area (Å²) in [5.74, 6) is 0.854. The molecule has 0 fully saturated rings. The smallest absolute Gasteiger partial charge is 0.269 e. The Morgan fingerprint density at radius 1 is 1.44 bits per heavy atom. The van der Waals surface area contributed by atoms with E-state index in [4.69, 9.17) is 0 Å². The minimum atomic E-state index is -0.0753. The molecule has 0 saturated carbocycles. The summed E-state index contributed by atoms with van der Waals surface area (Å²) in [5.41, 5.74) is 1.51. The molecule has 0 aromatic carbocycles. The number of thioether (sulfide) groups is 1. The molecule has 0 spiro atoms. The molecule has 0 unspecified atom stereocenters. The molecule has 0 radical (unpaired) electrons. The van der Waals surface area contributed by atoms with Crippen molar-refractivity contribution in [3.8, 4) is 0 Å². The summed E-state index contributed by atoms with van der Waals surface area (Å²) in [5, 5.41) is 7.66. The summed E-state index contributed by atoms with van der Waals surface area (Å²) in [7, 11) is 0. The van der Waals surface area contributed by atoms with Crippen LogP contribution in [0.5, 0.6) is 0 Å². The third-order valence-electron chi connectivity index (χ3n) is 2.49. The maximum Gasteiger partial charge on any atom is 0.269 e. The Hall–Kier alpha value is -1.49. The van der Waals surface area contributed by atoms with Crippen molar-refractivity contribution in [2.75, 3.05) is 12.3 Å². The zero-order chi connectivity index (χ0) is 13.0. The molecular formula is C13H17N3OS. The van der Waals surface area contributed by atoms with Crippen molar-refractivity contribution in [3.05, 3.63) is 36.2 Å². The molecule has 1 N–H and O–H groups in total. The van der Waals surface area contributed by atoms with Gasteiger partial charge in [-0.05, 0) is 23.4 Å². The highest BCUT2D eigenvalue weighted by Crippen LogP contribution is 2.08. The van der Waals surface area contributed by atoms with E-state index in [9.17, 15) is 4.79 Å². The number of nitrogens with one attached hydrogen (secondary N) is 1. The molecule has 2 aromatic heterocycles. The van der Waals surface area contributed by atoms with E-state index in [0.717, 1.165) is 11.3 Å². The molecule has 96 valence electrons. The van der Waals surface area contributed by atoms with Crippen molar-refractivity contribution in [2.45, 2.75) is 19.1 Å². The van der Waals surface area contributed by atoms with Crippen LogP contribution in [-0.4, -0.2) is 33.1 Å². The molecule has 2 heterocycles. The summed E-state index contributed by atoms with van der Waals surface area (Å²) in [6.45, 7) is 4.98. The van der Waals surface area contributed by atoms with Crippen LogP contribution in [0.15, 0.2) is 30.5 Å². The second kappa shape index (κ2) is 5.91. The number of nitrogens with zero attached hydrogens (tertiary/aromatic N) is 2. The number of carbonyl (C=O) groups is 1. The second-order valence-electron chi connectivity index (χ2n) is 4.25. The number of hydrogen-bond acceptors (Lipinski definition) is 3. The SMILES string of the molecule is CC(C)SCCNC(=O)c1cccc2ccnn12. The van der Waals surface area contributed by atoms with Gasteiger partial charge in [0.2, 0.25) is 0 Å². The van der Waals surface area contributed by atoms with Crippen LogP contribution < -0.4 is 5.32 Å². The van der Waals surface area contributed by atoms with E-state index in [2.05, 4.69) is 24.3 Å². The fourth-order valence-electron chi connectivity index (χ4n) is 1.67. The Balaban J connectivity index is 1.98. The standard InChI is InChI=1S/C13H17N3OS/c1-10(2)18-9-8-14-13(17)12-5-3-4-11-6-7-15-16(11)12/h3-7,10H,8-9H2,1-2H3,(H,14,17). The minimum Gasteiger partial charge on any atom is -0.350 e. The lowest BCUT2D eigenvalue weighted by Crippen LogP contribution is -2.28. The summed E-state index contributed by atoms with van der Waals surface area (Å²) in [6, 6.07) is 7.46. The summed E-state index contributed by atoms with van der Waals surface area (Å²) in [4.78, 5) is 12.0. The highest BCUT2D eigenvalue weighted by Gasteiger charge is 2.09. The largest absolute Gasteiger partial charge is 0.350 e. The van der Waals surface area contributed by atoms with Crippen LogP contribution in [0.25, 0.3) is 5.52 Å². The predicted octanol–water partition coefficient (Wildman–Crippen LogP) is 2.21. The zero-order valence-corrected chi connectivity index (χ0v) is 11.4. The van der Waals surface area contributed by atoms with Gasteiger partial charge in [0.15, 0.2) is 0 Å². The topological polar surface area (TPSA) is 46.4 Å². The van der Waals surface area contributed by atoms with Crippen molar-refractivity contribution < 1.29 is 4.79 Å². The fourth-order valence-corrected chi connectivity index (χ4v) is 2.36. The highest BCUT2D eigenvalue weighted by molar-refractivity contribution is 7.99. The summed E-state index contributed by atoms with van der Waals surface area (Å²) < 4.78 is 1.66. The van der Waals surface area contributed by atoms with E-state index in [0.29, 0.717) is 17.5 Å². The minimum absolute atomic E-state index is 0.0753. The van der Waals surface area contributed by atoms with Crippen LogP contribution in [-0.2, 0) is 0 Å². The Labute approximate surface area is 111 Å². The van der Waals surface area contributed by atoms with Gasteiger partial charge in [0.1, 0.15) is 5.69 Å². The molecule has 0 aliphatic heterocycles. The molecule has 0 aliphatic carbocycles. The van der Waals surface area contributed by atoms with E-state index in [1.807, 2.05) is 30.0 Å². The van der Waals surface area contributed by atoms with Gasteiger partial charge in [0, 0.05) is 12.3 Å². The quantitative estimate of drug-likeness (QED) is 0.841. The van der Waals surface area contributed by atoms with Crippen molar-refractivity contribution in [3.63, 3.8) is 0 Å². The third kappa shape index (κ3) is 3.04. The van der Waals surface area contributed by atoms with E-state index in [1.165, 1.54) is 0 Å². The van der Waals surface area contributed by atoms with Gasteiger partial charge >= 0.3 is 0 Å². The van der Waals surface area contributed by atoms with Crippen LogP contribution in [0, 0.1) is 0 Å². The first kappa shape index (κ1) is 13.0. The van der Waals surface area contributed by atoms with Gasteiger partial charge in [-0.3, -0.25) is 4.79 Å². The van der Waals surface area contributed by atoms with E-state index >= 15 is 0 Å². The zero-order valence-electron chi connectivity index (χ0n) is 10.6. The Morgan fingerprint density at radius 2 is 2.28 bits per heavy atom. The maximum atomic E-state index is 12.0. The van der Waals surface area contributed by atoms with E-state index in [1.54, 1.807) is 16.8 Å². The molecule has 0 aliphatic rings. The van der Waals surface area contributed by atoms with Gasteiger partial charge in [-0.25, -0.2) is 4.52 Å². The number of amides is 1. The van der Waals surface area contributed by atoms with Crippen LogP contribution >= 0.6 is 11.8 Å². The molecule has 4 nitrogen and oxygen atoms in total. The van der Waals surface area contributed by atoms with Gasteiger partial charge in [-0.2, -0.15) is 16.9 Å². The maximum absolute atomic E-state index is 12.0. The number of carbonyl (C=O) groups excluding carboxylic acids is 1. The fraction of sp³-hybridized carbons (Fsp3) is 0.385. The first-order valence-electron chi connectivity index (χ1n) is 6.01. The normalized spacial score (nSPS) is 11.1. The highest BCUT2D eigenvalue weighted by atomic mass is 32.2. The van der Waals surface area contributed by atoms with Crippen molar-refractivity contribution in [1.29, 1.82) is 0 Å². The van der Waals surface area contributed by atoms with Gasteiger partial charge in [0.05, 0.1) is 11.7 Å². The number of rotatable bonds is 5. The van der Waals surface area contributed by atoms with Gasteiger partial charge in [0.25, 0.3) is 5.91 Å². The first-order valence-corrected chi connectivity index (χ1v) is 7.06. The molecule has 0 bridgehead atoms. The molecule has 1 amide bonds. The summed E-state index contributed by atoms with van der Waals surface area (Å²) >= 11 is 1.84. The molecule has 2 aromatic rings. The molecule has 2 rings (SSSR count). The predicted molar refractivity (Wildman–Crippen MR) is 75.1 cm³/mol. The van der Waals surface area contributed by atoms with Crippen molar-refractivity contribution >= 4 is 23.2 Å². The number of pyridine rings is 1. The lowest BCUT2D eigenvalue weighted by molar-refractivity contribution is 0.0949. The molecule has 0 saturated heterocycles. The van der Waals surface area contributed by atoms with Crippen LogP contribution in [0.1, 0.15) is 24.3 Å². The van der Waals surface area contributed by atoms with E-state index in [-0.39, 0.29) is 5.91 Å². The Bertz CT molecular complexity index is 536. The van der Waals surface area contributed by atoms with Gasteiger partial charge in [-0.1, -0.05) is 19.9 Å². The lowest BCUT2D eigenvalue weighted by Gasteiger charge is -2.08. The van der Waals surface area contributed by atoms with Gasteiger partial charge in [-0.15, -0.1) is 0 Å². The third-order valence-corrected chi connectivity index (χ3v) is 3.60. The molecular weight excluding hydrogens is 246 g/mol. The van der Waals surface area contributed by atoms with Crippen LogP contribution in [0.3, 0.4) is 0 Å². The van der Waals surface area contributed by atoms with Crippen molar-refractivity contribution in [1.82, 2.24) is 14.9 Å². The second-order valence-corrected chi connectivity index (χ2v) is 5.94. The van der Waals surface area contributed by atoms with Crippen LogP contribution in [0.2, 0.25) is 0 Å². The van der Waals surface area contributed by atoms with Crippen molar-refractivity contribution in [2.24, 2.45) is 0 Å². The first-order chi connectivity index (χ1) is 8.68. The summed E-state index contributed by atoms with van der Waals surface area (Å²) in [6.07, 6.45) is 1.70. The van der Waals surface area contributed by atoms with Crippen LogP contribution in [0.4, 0.5) is 0 Å². The number of aromatic nitrogens is 2.